The van der Waals surface area contributed by atoms with Crippen LogP contribution in [-0.2, 0) is 4.74 Å². The Hall–Kier alpha value is -1.91. The summed E-state index contributed by atoms with van der Waals surface area (Å²) < 4.78 is 9.80. The summed E-state index contributed by atoms with van der Waals surface area (Å²) >= 11 is 0. The SMILES string of the molecule is CCCCOc1cc(C(=O)OC)cc(O)c1O. The second kappa shape index (κ2) is 5.98. The number of hydrogen-bond donors (Lipinski definition) is 2. The van der Waals surface area contributed by atoms with E-state index in [0.29, 0.717) is 6.61 Å². The number of hydrogen-bond acceptors (Lipinski definition) is 5. The molecular weight excluding hydrogens is 224 g/mol. The lowest BCUT2D eigenvalue weighted by atomic mass is 10.2. The molecule has 94 valence electrons. The van der Waals surface area contributed by atoms with Gasteiger partial charge in [0.1, 0.15) is 0 Å². The minimum Gasteiger partial charge on any atom is -0.504 e. The van der Waals surface area contributed by atoms with E-state index in [0.717, 1.165) is 18.9 Å². The topological polar surface area (TPSA) is 76.0 Å². The summed E-state index contributed by atoms with van der Waals surface area (Å²) in [5, 5.41) is 19.0. The quantitative estimate of drug-likeness (QED) is 0.468. The Morgan fingerprint density at radius 1 is 1.35 bits per heavy atom. The van der Waals surface area contributed by atoms with Crippen molar-refractivity contribution in [3.05, 3.63) is 17.7 Å². The maximum atomic E-state index is 11.3. The molecule has 0 saturated carbocycles. The third-order valence-corrected chi connectivity index (χ3v) is 2.23. The van der Waals surface area contributed by atoms with Crippen LogP contribution >= 0.6 is 0 Å². The van der Waals surface area contributed by atoms with Gasteiger partial charge in [0.05, 0.1) is 19.3 Å². The third kappa shape index (κ3) is 3.27. The van der Waals surface area contributed by atoms with Crippen LogP contribution in [0.3, 0.4) is 0 Å². The summed E-state index contributed by atoms with van der Waals surface area (Å²) in [7, 11) is 1.24. The number of rotatable bonds is 5. The van der Waals surface area contributed by atoms with Crippen molar-refractivity contribution >= 4 is 5.97 Å². The Labute approximate surface area is 99.6 Å². The van der Waals surface area contributed by atoms with Crippen molar-refractivity contribution in [3.63, 3.8) is 0 Å². The lowest BCUT2D eigenvalue weighted by molar-refractivity contribution is 0.0599. The summed E-state index contributed by atoms with van der Waals surface area (Å²) in [4.78, 5) is 11.3. The summed E-state index contributed by atoms with van der Waals surface area (Å²) in [6, 6.07) is 2.48. The molecule has 0 heterocycles. The Balaban J connectivity index is 2.94. The Morgan fingerprint density at radius 3 is 2.65 bits per heavy atom. The average Bonchev–Trinajstić information content (AvgIpc) is 2.33. The molecule has 5 heteroatoms. The summed E-state index contributed by atoms with van der Waals surface area (Å²) in [6.45, 7) is 2.42. The molecule has 17 heavy (non-hydrogen) atoms. The lowest BCUT2D eigenvalue weighted by Gasteiger charge is -2.10. The molecular formula is C12H16O5. The van der Waals surface area contributed by atoms with E-state index in [1.807, 2.05) is 6.92 Å². The van der Waals surface area contributed by atoms with Gasteiger partial charge in [0.2, 0.25) is 5.75 Å². The van der Waals surface area contributed by atoms with Gasteiger partial charge in [-0.15, -0.1) is 0 Å². The molecule has 0 saturated heterocycles. The lowest BCUT2D eigenvalue weighted by Crippen LogP contribution is -2.03. The van der Waals surface area contributed by atoms with Gasteiger partial charge < -0.3 is 19.7 Å². The first kappa shape index (κ1) is 13.2. The van der Waals surface area contributed by atoms with Gasteiger partial charge in [-0.05, 0) is 18.6 Å². The number of aromatic hydroxyl groups is 2. The zero-order valence-electron chi connectivity index (χ0n) is 9.90. The summed E-state index contributed by atoms with van der Waals surface area (Å²) in [5.41, 5.74) is 0.134. The van der Waals surface area contributed by atoms with Gasteiger partial charge in [0, 0.05) is 0 Å². The van der Waals surface area contributed by atoms with Gasteiger partial charge in [0.15, 0.2) is 11.5 Å². The first-order chi connectivity index (χ1) is 8.10. The number of unbranched alkanes of at least 4 members (excludes halogenated alkanes) is 1. The standard InChI is InChI=1S/C12H16O5/c1-3-4-5-17-10-7-8(12(15)16-2)6-9(13)11(10)14/h6-7,13-14H,3-5H2,1-2H3. The molecule has 0 aliphatic carbocycles. The van der Waals surface area contributed by atoms with Crippen LogP contribution in [0.1, 0.15) is 30.1 Å². The van der Waals surface area contributed by atoms with Crippen molar-refractivity contribution in [2.24, 2.45) is 0 Å². The average molecular weight is 240 g/mol. The maximum Gasteiger partial charge on any atom is 0.338 e. The molecule has 5 nitrogen and oxygen atoms in total. The van der Waals surface area contributed by atoms with E-state index in [2.05, 4.69) is 4.74 Å². The molecule has 0 aliphatic heterocycles. The van der Waals surface area contributed by atoms with Crippen LogP contribution < -0.4 is 4.74 Å². The number of esters is 1. The molecule has 0 atom stereocenters. The fraction of sp³-hybridized carbons (Fsp3) is 0.417. The highest BCUT2D eigenvalue weighted by atomic mass is 16.5. The van der Waals surface area contributed by atoms with Crippen LogP contribution in [0.15, 0.2) is 12.1 Å². The molecule has 0 fully saturated rings. The number of carbonyl (C=O) groups is 1. The van der Waals surface area contributed by atoms with Crippen molar-refractivity contribution in [3.8, 4) is 17.2 Å². The van der Waals surface area contributed by atoms with Crippen molar-refractivity contribution < 1.29 is 24.5 Å². The fourth-order valence-corrected chi connectivity index (χ4v) is 1.27. The zero-order chi connectivity index (χ0) is 12.8. The predicted molar refractivity (Wildman–Crippen MR) is 61.5 cm³/mol. The highest BCUT2D eigenvalue weighted by Gasteiger charge is 2.15. The van der Waals surface area contributed by atoms with Gasteiger partial charge in [-0.1, -0.05) is 13.3 Å². The van der Waals surface area contributed by atoms with E-state index >= 15 is 0 Å². The molecule has 1 aromatic carbocycles. The Kier molecular flexibility index (Phi) is 4.63. The minimum atomic E-state index is -0.597. The Bertz CT molecular complexity index is 400. The summed E-state index contributed by atoms with van der Waals surface area (Å²) in [5.74, 6) is -1.28. The van der Waals surface area contributed by atoms with Gasteiger partial charge in [-0.25, -0.2) is 4.79 Å². The normalized spacial score (nSPS) is 10.0. The number of carbonyl (C=O) groups excluding carboxylic acids is 1. The number of phenols is 2. The second-order valence-corrected chi connectivity index (χ2v) is 3.54. The molecule has 0 spiro atoms. The molecule has 0 bridgehead atoms. The van der Waals surface area contributed by atoms with Gasteiger partial charge in [0.25, 0.3) is 0 Å². The predicted octanol–water partition coefficient (Wildman–Crippen LogP) is 2.06. The number of phenolic OH excluding ortho intramolecular Hbond substituents is 2. The maximum absolute atomic E-state index is 11.3. The molecule has 0 aromatic heterocycles. The van der Waals surface area contributed by atoms with Crippen LogP contribution in [0.25, 0.3) is 0 Å². The van der Waals surface area contributed by atoms with E-state index in [1.54, 1.807) is 0 Å². The zero-order valence-corrected chi connectivity index (χ0v) is 9.90. The van der Waals surface area contributed by atoms with E-state index in [9.17, 15) is 15.0 Å². The minimum absolute atomic E-state index is 0.0823. The highest BCUT2D eigenvalue weighted by molar-refractivity contribution is 5.91. The van der Waals surface area contributed by atoms with Crippen molar-refractivity contribution in [2.75, 3.05) is 13.7 Å². The molecule has 1 rings (SSSR count). The third-order valence-electron chi connectivity index (χ3n) is 2.23. The first-order valence-electron chi connectivity index (χ1n) is 5.37. The highest BCUT2D eigenvalue weighted by Crippen LogP contribution is 2.36. The first-order valence-corrected chi connectivity index (χ1v) is 5.37. The van der Waals surface area contributed by atoms with E-state index < -0.39 is 11.7 Å². The van der Waals surface area contributed by atoms with Crippen molar-refractivity contribution in [1.82, 2.24) is 0 Å². The molecule has 1 aromatic rings. The number of ether oxygens (including phenoxy) is 2. The molecule has 0 radical (unpaired) electrons. The van der Waals surface area contributed by atoms with Gasteiger partial charge in [-0.3, -0.25) is 0 Å². The molecule has 0 amide bonds. The van der Waals surface area contributed by atoms with Crippen LogP contribution in [0.2, 0.25) is 0 Å². The van der Waals surface area contributed by atoms with Crippen molar-refractivity contribution in [1.29, 1.82) is 0 Å². The Morgan fingerprint density at radius 2 is 2.06 bits per heavy atom. The molecule has 0 aliphatic rings. The van der Waals surface area contributed by atoms with Crippen LogP contribution in [0, 0.1) is 0 Å². The largest absolute Gasteiger partial charge is 0.504 e. The van der Waals surface area contributed by atoms with Gasteiger partial charge in [-0.2, -0.15) is 0 Å². The molecule has 0 unspecified atom stereocenters. The molecule has 2 N–H and O–H groups in total. The van der Waals surface area contributed by atoms with Gasteiger partial charge >= 0.3 is 5.97 Å². The van der Waals surface area contributed by atoms with E-state index in [-0.39, 0.29) is 17.1 Å². The fourth-order valence-electron chi connectivity index (χ4n) is 1.27. The number of methoxy groups -OCH3 is 1. The van der Waals surface area contributed by atoms with Crippen molar-refractivity contribution in [2.45, 2.75) is 19.8 Å². The monoisotopic (exact) mass is 240 g/mol. The number of benzene rings is 1. The van der Waals surface area contributed by atoms with E-state index in [1.165, 1.54) is 13.2 Å². The van der Waals surface area contributed by atoms with Crippen LogP contribution in [0.4, 0.5) is 0 Å². The summed E-state index contributed by atoms with van der Waals surface area (Å²) in [6.07, 6.45) is 1.77. The second-order valence-electron chi connectivity index (χ2n) is 3.54. The van der Waals surface area contributed by atoms with E-state index in [4.69, 9.17) is 4.74 Å². The smallest absolute Gasteiger partial charge is 0.338 e. The van der Waals surface area contributed by atoms with Crippen LogP contribution in [-0.4, -0.2) is 29.9 Å². The van der Waals surface area contributed by atoms with Crippen LogP contribution in [0.5, 0.6) is 17.2 Å².